The maximum atomic E-state index is 12.6. The second kappa shape index (κ2) is 14.6. The average molecular weight is 416 g/mol. The molecule has 0 saturated carbocycles. The van der Waals surface area contributed by atoms with Gasteiger partial charge in [-0.05, 0) is 51.0 Å². The zero-order valence-electron chi connectivity index (χ0n) is 17.4. The summed E-state index contributed by atoms with van der Waals surface area (Å²) < 4.78 is 0. The Morgan fingerprint density at radius 1 is 0.966 bits per heavy atom. The van der Waals surface area contributed by atoms with Gasteiger partial charge in [-0.2, -0.15) is 0 Å². The fourth-order valence-electron chi connectivity index (χ4n) is 2.65. The van der Waals surface area contributed by atoms with E-state index in [0.29, 0.717) is 45.2 Å². The Bertz CT molecular complexity index is 550. The maximum Gasteiger partial charge on any atom is 0.326 e. The predicted octanol–water partition coefficient (Wildman–Crippen LogP) is -1.40. The van der Waals surface area contributed by atoms with E-state index in [0.717, 1.165) is 0 Å². The van der Waals surface area contributed by atoms with Crippen LogP contribution in [0.4, 0.5) is 0 Å². The molecule has 0 heterocycles. The van der Waals surface area contributed by atoms with Gasteiger partial charge in [0.15, 0.2) is 5.96 Å². The standard InChI is InChI=1S/C18H37N7O4/c1-11(2)10-14(16(27)24-13(17(28)29)7-3-4-8-19)25-15(26)12(20)6-5-9-23-18(21)22/h11-14H,3-10,19-20H2,1-2H3,(H,24,27)(H,25,26)(H,28,29)(H4,21,22,23)/t12-,13-,14-/m0/s1. The predicted molar refractivity (Wildman–Crippen MR) is 112 cm³/mol. The third-order valence-electron chi connectivity index (χ3n) is 4.21. The van der Waals surface area contributed by atoms with E-state index in [1.807, 2.05) is 13.8 Å². The number of nitrogens with zero attached hydrogens (tertiary/aromatic N) is 1. The number of unbranched alkanes of at least 4 members (excludes halogenated alkanes) is 1. The second-order valence-electron chi connectivity index (χ2n) is 7.43. The van der Waals surface area contributed by atoms with E-state index in [1.54, 1.807) is 0 Å². The van der Waals surface area contributed by atoms with Gasteiger partial charge >= 0.3 is 5.97 Å². The number of hydrogen-bond acceptors (Lipinski definition) is 6. The normalized spacial score (nSPS) is 14.0. The highest BCUT2D eigenvalue weighted by molar-refractivity contribution is 5.91. The van der Waals surface area contributed by atoms with Gasteiger partial charge in [0.25, 0.3) is 0 Å². The van der Waals surface area contributed by atoms with Gasteiger partial charge in [-0.25, -0.2) is 4.79 Å². The molecule has 0 rings (SSSR count). The number of aliphatic imine (C=N–C) groups is 1. The molecule has 0 fully saturated rings. The molecule has 0 aliphatic carbocycles. The Kier molecular flexibility index (Phi) is 13.4. The number of rotatable bonds is 15. The van der Waals surface area contributed by atoms with Crippen molar-refractivity contribution >= 4 is 23.7 Å². The highest BCUT2D eigenvalue weighted by atomic mass is 16.4. The van der Waals surface area contributed by atoms with Gasteiger partial charge in [0.2, 0.25) is 11.8 Å². The molecule has 168 valence electrons. The maximum absolute atomic E-state index is 12.6. The first kappa shape index (κ1) is 26.6. The van der Waals surface area contributed by atoms with E-state index in [4.69, 9.17) is 22.9 Å². The summed E-state index contributed by atoms with van der Waals surface area (Å²) in [5, 5.41) is 14.5. The molecule has 0 aliphatic rings. The molecule has 0 spiro atoms. The van der Waals surface area contributed by atoms with Crippen LogP contribution < -0.4 is 33.6 Å². The van der Waals surface area contributed by atoms with Gasteiger partial charge < -0.3 is 38.7 Å². The molecule has 0 unspecified atom stereocenters. The van der Waals surface area contributed by atoms with Crippen molar-refractivity contribution in [2.75, 3.05) is 13.1 Å². The average Bonchev–Trinajstić information content (AvgIpc) is 2.62. The second-order valence-corrected chi connectivity index (χ2v) is 7.43. The first-order valence-electron chi connectivity index (χ1n) is 9.93. The SMILES string of the molecule is CC(C)C[C@H](NC(=O)[C@@H](N)CCCN=C(N)N)C(=O)N[C@@H](CCCCN)C(=O)O. The Hall–Kier alpha value is -2.40. The van der Waals surface area contributed by atoms with Crippen molar-refractivity contribution in [1.82, 2.24) is 10.6 Å². The Labute approximate surface area is 172 Å². The van der Waals surface area contributed by atoms with Crippen LogP contribution in [0, 0.1) is 5.92 Å². The first-order chi connectivity index (χ1) is 13.6. The first-order valence-corrected chi connectivity index (χ1v) is 9.93. The minimum atomic E-state index is -1.12. The van der Waals surface area contributed by atoms with Crippen LogP contribution in [-0.4, -0.2) is 60.1 Å². The van der Waals surface area contributed by atoms with Crippen LogP contribution in [-0.2, 0) is 14.4 Å². The number of guanidine groups is 1. The summed E-state index contributed by atoms with van der Waals surface area (Å²) in [5.41, 5.74) is 21.8. The molecule has 29 heavy (non-hydrogen) atoms. The number of aliphatic carboxylic acids is 1. The Morgan fingerprint density at radius 2 is 1.59 bits per heavy atom. The zero-order valence-corrected chi connectivity index (χ0v) is 17.4. The van der Waals surface area contributed by atoms with Crippen molar-refractivity contribution in [3.63, 3.8) is 0 Å². The Morgan fingerprint density at radius 3 is 2.10 bits per heavy atom. The van der Waals surface area contributed by atoms with Crippen LogP contribution in [0.3, 0.4) is 0 Å². The van der Waals surface area contributed by atoms with Crippen LogP contribution in [0.15, 0.2) is 4.99 Å². The summed E-state index contributed by atoms with van der Waals surface area (Å²) >= 11 is 0. The van der Waals surface area contributed by atoms with Crippen molar-refractivity contribution in [3.8, 4) is 0 Å². The number of amides is 2. The quantitative estimate of drug-likeness (QED) is 0.0956. The largest absolute Gasteiger partial charge is 0.480 e. The van der Waals surface area contributed by atoms with E-state index < -0.39 is 35.9 Å². The summed E-state index contributed by atoms with van der Waals surface area (Å²) in [5.74, 6) is -2.08. The number of carbonyl (C=O) groups excluding carboxylic acids is 2. The number of carbonyl (C=O) groups is 3. The van der Waals surface area contributed by atoms with E-state index in [-0.39, 0.29) is 18.3 Å². The number of nitrogens with two attached hydrogens (primary N) is 4. The monoisotopic (exact) mass is 415 g/mol. The molecule has 0 bridgehead atoms. The van der Waals surface area contributed by atoms with Crippen LogP contribution in [0.2, 0.25) is 0 Å². The van der Waals surface area contributed by atoms with Crippen LogP contribution >= 0.6 is 0 Å². The third-order valence-corrected chi connectivity index (χ3v) is 4.21. The lowest BCUT2D eigenvalue weighted by Gasteiger charge is -2.24. The molecule has 0 aromatic heterocycles. The van der Waals surface area contributed by atoms with Crippen LogP contribution in [0.25, 0.3) is 0 Å². The van der Waals surface area contributed by atoms with Crippen LogP contribution in [0.1, 0.15) is 52.4 Å². The number of carboxylic acids is 1. The smallest absolute Gasteiger partial charge is 0.326 e. The van der Waals surface area contributed by atoms with Gasteiger partial charge in [0.1, 0.15) is 12.1 Å². The summed E-state index contributed by atoms with van der Waals surface area (Å²) in [6, 6.07) is -2.73. The van der Waals surface area contributed by atoms with Gasteiger partial charge in [-0.15, -0.1) is 0 Å². The molecular weight excluding hydrogens is 378 g/mol. The minimum absolute atomic E-state index is 0.0314. The van der Waals surface area contributed by atoms with Crippen molar-refractivity contribution in [2.45, 2.75) is 70.5 Å². The Balaban J connectivity index is 4.86. The van der Waals surface area contributed by atoms with Crippen molar-refractivity contribution in [3.05, 3.63) is 0 Å². The van der Waals surface area contributed by atoms with E-state index in [9.17, 15) is 19.5 Å². The van der Waals surface area contributed by atoms with Gasteiger partial charge in [-0.1, -0.05) is 13.8 Å². The minimum Gasteiger partial charge on any atom is -0.480 e. The highest BCUT2D eigenvalue weighted by Gasteiger charge is 2.28. The van der Waals surface area contributed by atoms with Gasteiger partial charge in [-0.3, -0.25) is 14.6 Å². The van der Waals surface area contributed by atoms with E-state index in [1.165, 1.54) is 0 Å². The summed E-state index contributed by atoms with van der Waals surface area (Å²) in [7, 11) is 0. The molecule has 11 nitrogen and oxygen atoms in total. The lowest BCUT2D eigenvalue weighted by molar-refractivity contribution is -0.142. The van der Waals surface area contributed by atoms with Crippen molar-refractivity contribution in [1.29, 1.82) is 0 Å². The molecule has 11 heteroatoms. The van der Waals surface area contributed by atoms with Crippen LogP contribution in [0.5, 0.6) is 0 Å². The summed E-state index contributed by atoms with van der Waals surface area (Å²) in [6.45, 7) is 4.60. The molecule has 0 aromatic rings. The molecule has 2 amide bonds. The zero-order chi connectivity index (χ0) is 22.4. The summed E-state index contributed by atoms with van der Waals surface area (Å²) in [4.78, 5) is 40.2. The van der Waals surface area contributed by atoms with E-state index in [2.05, 4.69) is 15.6 Å². The van der Waals surface area contributed by atoms with E-state index >= 15 is 0 Å². The number of nitrogens with one attached hydrogen (secondary N) is 2. The summed E-state index contributed by atoms with van der Waals surface area (Å²) in [6.07, 6.45) is 2.72. The molecule has 11 N–H and O–H groups in total. The number of carboxylic acid groups (broad SMARTS) is 1. The molecule has 0 aromatic carbocycles. The molecule has 3 atom stereocenters. The van der Waals surface area contributed by atoms with Crippen molar-refractivity contribution in [2.24, 2.45) is 33.8 Å². The lowest BCUT2D eigenvalue weighted by atomic mass is 10.0. The fraction of sp³-hybridized carbons (Fsp3) is 0.778. The van der Waals surface area contributed by atoms with Gasteiger partial charge in [0.05, 0.1) is 6.04 Å². The van der Waals surface area contributed by atoms with Gasteiger partial charge in [0, 0.05) is 6.54 Å². The number of hydrogen-bond donors (Lipinski definition) is 7. The molecule has 0 saturated heterocycles. The lowest BCUT2D eigenvalue weighted by Crippen LogP contribution is -2.54. The highest BCUT2D eigenvalue weighted by Crippen LogP contribution is 2.08. The molecule has 0 aliphatic heterocycles. The molecule has 0 radical (unpaired) electrons. The fourth-order valence-corrected chi connectivity index (χ4v) is 2.65. The molecular formula is C18H37N7O4. The topological polar surface area (TPSA) is 212 Å². The third kappa shape index (κ3) is 12.6. The van der Waals surface area contributed by atoms with Crippen molar-refractivity contribution < 1.29 is 19.5 Å².